The zero-order valence-electron chi connectivity index (χ0n) is 12.8. The van der Waals surface area contributed by atoms with Crippen molar-refractivity contribution >= 4 is 17.8 Å². The molecule has 0 aliphatic carbocycles. The van der Waals surface area contributed by atoms with Crippen LogP contribution in [-0.2, 0) is 14.3 Å². The van der Waals surface area contributed by atoms with E-state index in [1.807, 2.05) is 0 Å². The van der Waals surface area contributed by atoms with Crippen molar-refractivity contribution in [2.75, 3.05) is 20.2 Å². The average Bonchev–Trinajstić information content (AvgIpc) is 2.55. The van der Waals surface area contributed by atoms with E-state index >= 15 is 0 Å². The molecular weight excluding hydrogens is 326 g/mol. The number of piperazine rings is 1. The lowest BCUT2D eigenvalue weighted by Gasteiger charge is -2.34. The lowest BCUT2D eigenvalue weighted by molar-refractivity contribution is -0.145. The van der Waals surface area contributed by atoms with Crippen LogP contribution in [0.15, 0.2) is 24.3 Å². The monoisotopic (exact) mass is 342 g/mol. The number of alkyl halides is 2. The normalized spacial score (nSPS) is 17.4. The van der Waals surface area contributed by atoms with Crippen LogP contribution in [0.1, 0.15) is 16.8 Å². The molecule has 0 saturated carbocycles. The summed E-state index contributed by atoms with van der Waals surface area (Å²) in [6.45, 7) is -2.59. The third-order valence-electron chi connectivity index (χ3n) is 3.49. The smallest absolute Gasteiger partial charge is 0.387 e. The molecule has 24 heavy (non-hydrogen) atoms. The number of rotatable bonds is 5. The zero-order chi connectivity index (χ0) is 17.7. The fourth-order valence-corrected chi connectivity index (χ4v) is 2.37. The number of halogens is 2. The van der Waals surface area contributed by atoms with Gasteiger partial charge in [0.2, 0.25) is 5.91 Å². The van der Waals surface area contributed by atoms with Gasteiger partial charge >= 0.3 is 12.6 Å². The molecule has 1 heterocycles. The second-order valence-electron chi connectivity index (χ2n) is 4.99. The molecule has 0 aromatic heterocycles. The molecule has 0 bridgehead atoms. The second-order valence-corrected chi connectivity index (χ2v) is 4.99. The van der Waals surface area contributed by atoms with Gasteiger partial charge in [-0.25, -0.2) is 0 Å². The molecular formula is C15H16F2N2O5. The van der Waals surface area contributed by atoms with Gasteiger partial charge in [-0.05, 0) is 18.2 Å². The van der Waals surface area contributed by atoms with Crippen molar-refractivity contribution in [3.05, 3.63) is 29.8 Å². The van der Waals surface area contributed by atoms with Crippen molar-refractivity contribution in [1.82, 2.24) is 10.2 Å². The van der Waals surface area contributed by atoms with Gasteiger partial charge in [0.1, 0.15) is 11.8 Å². The summed E-state index contributed by atoms with van der Waals surface area (Å²) < 4.78 is 33.4. The van der Waals surface area contributed by atoms with Crippen molar-refractivity contribution in [3.8, 4) is 5.75 Å². The van der Waals surface area contributed by atoms with E-state index < -0.39 is 30.4 Å². The van der Waals surface area contributed by atoms with Crippen molar-refractivity contribution in [1.29, 1.82) is 0 Å². The number of carbonyl (C=O) groups excluding carboxylic acids is 3. The maximum absolute atomic E-state index is 12.6. The molecule has 1 aromatic rings. The lowest BCUT2D eigenvalue weighted by Crippen LogP contribution is -2.57. The van der Waals surface area contributed by atoms with E-state index in [1.54, 1.807) is 0 Å². The maximum atomic E-state index is 12.6. The van der Waals surface area contributed by atoms with Crippen LogP contribution < -0.4 is 10.1 Å². The standard InChI is InChI=1S/C15H16F2N2O5/c1-23-12(20)8-11-13(21)18-5-6-19(11)14(22)9-3-2-4-10(7-9)24-15(16)17/h2-4,7,11,15H,5-6,8H2,1H3,(H,18,21)/t11-/m1/s1. The quantitative estimate of drug-likeness (QED) is 0.800. The zero-order valence-corrected chi connectivity index (χ0v) is 12.8. The first-order valence-corrected chi connectivity index (χ1v) is 7.12. The van der Waals surface area contributed by atoms with Crippen LogP contribution in [-0.4, -0.2) is 55.5 Å². The van der Waals surface area contributed by atoms with E-state index in [0.29, 0.717) is 0 Å². The predicted molar refractivity (Wildman–Crippen MR) is 77.5 cm³/mol. The summed E-state index contributed by atoms with van der Waals surface area (Å²) in [5.41, 5.74) is 0.0812. The Balaban J connectivity index is 2.22. The van der Waals surface area contributed by atoms with Crippen molar-refractivity contribution in [3.63, 3.8) is 0 Å². The first-order valence-electron chi connectivity index (χ1n) is 7.12. The third-order valence-corrected chi connectivity index (χ3v) is 3.49. The molecule has 1 saturated heterocycles. The maximum Gasteiger partial charge on any atom is 0.387 e. The van der Waals surface area contributed by atoms with E-state index in [-0.39, 0.29) is 30.8 Å². The summed E-state index contributed by atoms with van der Waals surface area (Å²) in [5, 5.41) is 2.57. The number of esters is 1. The molecule has 1 aromatic carbocycles. The molecule has 1 atom stereocenters. The summed E-state index contributed by atoms with van der Waals surface area (Å²) in [5.74, 6) is -1.83. The number of amides is 2. The summed E-state index contributed by atoms with van der Waals surface area (Å²) in [6, 6.07) is 4.25. The Hall–Kier alpha value is -2.71. The number of carbonyl (C=O) groups is 3. The predicted octanol–water partition coefficient (Wildman–Crippen LogP) is 0.792. The molecule has 0 spiro atoms. The molecule has 1 fully saturated rings. The van der Waals surface area contributed by atoms with Gasteiger partial charge in [-0.1, -0.05) is 6.07 Å². The molecule has 1 aliphatic rings. The number of benzene rings is 1. The van der Waals surface area contributed by atoms with Gasteiger partial charge in [0, 0.05) is 18.7 Å². The van der Waals surface area contributed by atoms with E-state index in [9.17, 15) is 23.2 Å². The summed E-state index contributed by atoms with van der Waals surface area (Å²) in [6.07, 6.45) is -0.290. The Bertz CT molecular complexity index is 638. The Kier molecular flexibility index (Phi) is 5.67. The van der Waals surface area contributed by atoms with Gasteiger partial charge in [0.05, 0.1) is 13.5 Å². The Morgan fingerprint density at radius 1 is 1.42 bits per heavy atom. The first kappa shape index (κ1) is 17.6. The minimum absolute atomic E-state index is 0.0812. The number of hydrogen-bond donors (Lipinski definition) is 1. The summed E-state index contributed by atoms with van der Waals surface area (Å²) in [4.78, 5) is 37.3. The molecule has 0 radical (unpaired) electrons. The largest absolute Gasteiger partial charge is 0.469 e. The number of hydrogen-bond acceptors (Lipinski definition) is 5. The van der Waals surface area contributed by atoms with E-state index in [1.165, 1.54) is 30.2 Å². The van der Waals surface area contributed by atoms with E-state index in [0.717, 1.165) is 6.07 Å². The average molecular weight is 342 g/mol. The Labute approximate surface area is 136 Å². The summed E-state index contributed by atoms with van der Waals surface area (Å²) in [7, 11) is 1.18. The van der Waals surface area contributed by atoms with Gasteiger partial charge in [-0.3, -0.25) is 14.4 Å². The molecule has 1 N–H and O–H groups in total. The van der Waals surface area contributed by atoms with Crippen LogP contribution in [0.25, 0.3) is 0 Å². The van der Waals surface area contributed by atoms with E-state index in [4.69, 9.17) is 0 Å². The molecule has 0 unspecified atom stereocenters. The van der Waals surface area contributed by atoms with Crippen LogP contribution in [0.2, 0.25) is 0 Å². The molecule has 2 amide bonds. The van der Waals surface area contributed by atoms with Gasteiger partial charge in [0.25, 0.3) is 5.91 Å². The van der Waals surface area contributed by atoms with Crippen LogP contribution in [0.4, 0.5) is 8.78 Å². The highest BCUT2D eigenvalue weighted by molar-refractivity contribution is 5.99. The molecule has 7 nitrogen and oxygen atoms in total. The van der Waals surface area contributed by atoms with Gasteiger partial charge in [-0.2, -0.15) is 8.78 Å². The summed E-state index contributed by atoms with van der Waals surface area (Å²) >= 11 is 0. The Morgan fingerprint density at radius 3 is 2.83 bits per heavy atom. The third kappa shape index (κ3) is 4.18. The van der Waals surface area contributed by atoms with Crippen LogP contribution >= 0.6 is 0 Å². The fourth-order valence-electron chi connectivity index (χ4n) is 2.37. The van der Waals surface area contributed by atoms with Gasteiger partial charge < -0.3 is 19.7 Å². The highest BCUT2D eigenvalue weighted by Gasteiger charge is 2.35. The van der Waals surface area contributed by atoms with Gasteiger partial charge in [0.15, 0.2) is 0 Å². The van der Waals surface area contributed by atoms with E-state index in [2.05, 4.69) is 14.8 Å². The van der Waals surface area contributed by atoms with Gasteiger partial charge in [-0.15, -0.1) is 0 Å². The molecule has 9 heteroatoms. The first-order chi connectivity index (χ1) is 11.4. The SMILES string of the molecule is COC(=O)C[C@@H]1C(=O)NCCN1C(=O)c1cccc(OC(F)F)c1. The number of ether oxygens (including phenoxy) is 2. The van der Waals surface area contributed by atoms with Crippen LogP contribution in [0.5, 0.6) is 5.75 Å². The minimum atomic E-state index is -3.01. The van der Waals surface area contributed by atoms with Crippen LogP contribution in [0.3, 0.4) is 0 Å². The lowest BCUT2D eigenvalue weighted by atomic mass is 10.1. The number of nitrogens with zero attached hydrogens (tertiary/aromatic N) is 1. The van der Waals surface area contributed by atoms with Crippen molar-refractivity contribution in [2.45, 2.75) is 19.1 Å². The van der Waals surface area contributed by atoms with Crippen molar-refractivity contribution < 1.29 is 32.6 Å². The topological polar surface area (TPSA) is 84.9 Å². The number of methoxy groups -OCH3 is 1. The molecule has 1 aliphatic heterocycles. The van der Waals surface area contributed by atoms with Crippen molar-refractivity contribution in [2.24, 2.45) is 0 Å². The molecule has 2 rings (SSSR count). The second kappa shape index (κ2) is 7.71. The Morgan fingerprint density at radius 2 is 2.17 bits per heavy atom. The minimum Gasteiger partial charge on any atom is -0.469 e. The highest BCUT2D eigenvalue weighted by Crippen LogP contribution is 2.20. The fraction of sp³-hybridized carbons (Fsp3) is 0.400. The van der Waals surface area contributed by atoms with Crippen LogP contribution in [0, 0.1) is 0 Å². The highest BCUT2D eigenvalue weighted by atomic mass is 19.3. The molecule has 130 valence electrons. The number of nitrogens with one attached hydrogen (secondary N) is 1.